The van der Waals surface area contributed by atoms with Gasteiger partial charge in [-0.25, -0.2) is 0 Å². The molecule has 0 saturated carbocycles. The molecule has 0 saturated heterocycles. The Hall–Kier alpha value is -4.07. The molecule has 4 rings (SSSR count). The van der Waals surface area contributed by atoms with E-state index in [1.165, 1.54) is 0 Å². The minimum atomic E-state index is -0.456. The topological polar surface area (TPSA) is 62.1 Å². The molecular formula is C27H19ClN2O2. The Morgan fingerprint density at radius 3 is 2.44 bits per heavy atom. The van der Waals surface area contributed by atoms with Gasteiger partial charge in [-0.2, -0.15) is 5.26 Å². The van der Waals surface area contributed by atoms with E-state index in [-0.39, 0.29) is 5.57 Å². The van der Waals surface area contributed by atoms with Crippen LogP contribution in [0.4, 0.5) is 5.69 Å². The van der Waals surface area contributed by atoms with Crippen molar-refractivity contribution >= 4 is 40.0 Å². The molecule has 156 valence electrons. The lowest BCUT2D eigenvalue weighted by Gasteiger charge is -2.09. The molecule has 0 unspecified atom stereocenters. The zero-order chi connectivity index (χ0) is 22.3. The number of fused-ring (bicyclic) bond motifs is 1. The Morgan fingerprint density at radius 2 is 1.66 bits per heavy atom. The number of nitrogens with one attached hydrogen (secondary N) is 1. The maximum atomic E-state index is 12.7. The van der Waals surface area contributed by atoms with Gasteiger partial charge in [-0.3, -0.25) is 4.79 Å². The van der Waals surface area contributed by atoms with Gasteiger partial charge in [0.25, 0.3) is 5.91 Å². The van der Waals surface area contributed by atoms with Gasteiger partial charge in [-0.15, -0.1) is 0 Å². The molecule has 4 aromatic carbocycles. The number of carbonyl (C=O) groups excluding carboxylic acids is 1. The fourth-order valence-electron chi connectivity index (χ4n) is 3.28. The monoisotopic (exact) mass is 438 g/mol. The van der Waals surface area contributed by atoms with Gasteiger partial charge in [0, 0.05) is 21.7 Å². The molecule has 4 aromatic rings. The van der Waals surface area contributed by atoms with Crippen molar-refractivity contribution < 1.29 is 9.53 Å². The van der Waals surface area contributed by atoms with Gasteiger partial charge >= 0.3 is 0 Å². The maximum absolute atomic E-state index is 12.7. The van der Waals surface area contributed by atoms with Crippen molar-refractivity contribution in [1.29, 1.82) is 5.26 Å². The first-order valence-corrected chi connectivity index (χ1v) is 10.4. The van der Waals surface area contributed by atoms with Crippen LogP contribution in [-0.4, -0.2) is 5.91 Å². The van der Waals surface area contributed by atoms with E-state index >= 15 is 0 Å². The van der Waals surface area contributed by atoms with Crippen molar-refractivity contribution in [2.45, 2.75) is 6.61 Å². The first-order valence-electron chi connectivity index (χ1n) is 10.0. The van der Waals surface area contributed by atoms with Crippen LogP contribution in [0.25, 0.3) is 16.8 Å². The van der Waals surface area contributed by atoms with Crippen LogP contribution in [0.2, 0.25) is 5.02 Å². The second-order valence-electron chi connectivity index (χ2n) is 7.10. The highest BCUT2D eigenvalue weighted by Crippen LogP contribution is 2.24. The number of anilines is 1. The lowest BCUT2D eigenvalue weighted by molar-refractivity contribution is -0.112. The Kier molecular flexibility index (Phi) is 6.50. The molecule has 32 heavy (non-hydrogen) atoms. The fourth-order valence-corrected chi connectivity index (χ4v) is 3.47. The second-order valence-corrected chi connectivity index (χ2v) is 7.51. The Bertz CT molecular complexity index is 1330. The number of ether oxygens (including phenoxy) is 1. The van der Waals surface area contributed by atoms with E-state index in [1.54, 1.807) is 30.3 Å². The molecule has 0 fully saturated rings. The first kappa shape index (κ1) is 21.2. The van der Waals surface area contributed by atoms with E-state index in [0.717, 1.165) is 21.9 Å². The third kappa shape index (κ3) is 4.97. The molecule has 0 aromatic heterocycles. The average Bonchev–Trinajstić information content (AvgIpc) is 2.83. The minimum absolute atomic E-state index is 0.0164. The van der Waals surface area contributed by atoms with Gasteiger partial charge in [-0.05, 0) is 41.3 Å². The number of hydrogen-bond donors (Lipinski definition) is 1. The number of halogens is 1. The Morgan fingerprint density at radius 1 is 0.938 bits per heavy atom. The van der Waals surface area contributed by atoms with Crippen LogP contribution in [0.1, 0.15) is 11.1 Å². The molecule has 0 heterocycles. The number of benzene rings is 4. The van der Waals surface area contributed by atoms with E-state index in [4.69, 9.17) is 16.3 Å². The van der Waals surface area contributed by atoms with E-state index in [0.29, 0.717) is 23.1 Å². The van der Waals surface area contributed by atoms with Crippen molar-refractivity contribution in [3.63, 3.8) is 0 Å². The first-order chi connectivity index (χ1) is 15.6. The molecule has 0 aliphatic heterocycles. The highest BCUT2D eigenvalue weighted by atomic mass is 35.5. The van der Waals surface area contributed by atoms with Gasteiger partial charge in [0.05, 0.1) is 0 Å². The molecule has 0 aliphatic rings. The predicted molar refractivity (Wildman–Crippen MR) is 128 cm³/mol. The van der Waals surface area contributed by atoms with Crippen molar-refractivity contribution in [3.8, 4) is 11.8 Å². The molecule has 5 heteroatoms. The summed E-state index contributed by atoms with van der Waals surface area (Å²) < 4.78 is 5.78. The van der Waals surface area contributed by atoms with E-state index in [2.05, 4.69) is 5.32 Å². The van der Waals surface area contributed by atoms with Gasteiger partial charge in [-0.1, -0.05) is 78.3 Å². The minimum Gasteiger partial charge on any atom is -0.489 e. The van der Waals surface area contributed by atoms with Crippen molar-refractivity contribution in [1.82, 2.24) is 0 Å². The van der Waals surface area contributed by atoms with Crippen LogP contribution >= 0.6 is 11.6 Å². The van der Waals surface area contributed by atoms with Crippen molar-refractivity contribution in [2.24, 2.45) is 0 Å². The van der Waals surface area contributed by atoms with Gasteiger partial charge < -0.3 is 10.1 Å². The zero-order valence-corrected chi connectivity index (χ0v) is 17.8. The number of nitriles is 1. The Labute approximate surface area is 191 Å². The largest absolute Gasteiger partial charge is 0.489 e. The van der Waals surface area contributed by atoms with Crippen LogP contribution < -0.4 is 10.1 Å². The zero-order valence-electron chi connectivity index (χ0n) is 17.1. The molecule has 1 amide bonds. The van der Waals surface area contributed by atoms with Crippen molar-refractivity contribution in [3.05, 3.63) is 113 Å². The van der Waals surface area contributed by atoms with Crippen molar-refractivity contribution in [2.75, 3.05) is 5.32 Å². The van der Waals surface area contributed by atoms with E-state index in [1.807, 2.05) is 72.8 Å². The van der Waals surface area contributed by atoms with Crippen LogP contribution in [0.15, 0.2) is 96.6 Å². The quantitative estimate of drug-likeness (QED) is 0.272. The van der Waals surface area contributed by atoms with Gasteiger partial charge in [0.15, 0.2) is 0 Å². The molecule has 0 aliphatic carbocycles. The summed E-state index contributed by atoms with van der Waals surface area (Å²) >= 11 is 6.15. The summed E-state index contributed by atoms with van der Waals surface area (Å²) in [4.78, 5) is 12.7. The smallest absolute Gasteiger partial charge is 0.266 e. The number of nitrogens with zero attached hydrogens (tertiary/aromatic N) is 1. The molecular weight excluding hydrogens is 420 g/mol. The summed E-state index contributed by atoms with van der Waals surface area (Å²) in [6.45, 7) is 0.353. The predicted octanol–water partition coefficient (Wildman–Crippen LogP) is 6.62. The fraction of sp³-hybridized carbons (Fsp3) is 0.0370. The van der Waals surface area contributed by atoms with Gasteiger partial charge in [0.1, 0.15) is 24.0 Å². The van der Waals surface area contributed by atoms with E-state index in [9.17, 15) is 10.1 Å². The summed E-state index contributed by atoms with van der Waals surface area (Å²) in [6, 6.07) is 30.1. The average molecular weight is 439 g/mol. The summed E-state index contributed by atoms with van der Waals surface area (Å²) in [5.74, 6) is 0.212. The number of carbonyl (C=O) groups is 1. The van der Waals surface area contributed by atoms with Crippen LogP contribution in [-0.2, 0) is 11.4 Å². The molecule has 0 bridgehead atoms. The molecule has 0 spiro atoms. The molecule has 4 nitrogen and oxygen atoms in total. The summed E-state index contributed by atoms with van der Waals surface area (Å²) in [7, 11) is 0. The SMILES string of the molecule is N#C/C(=C\c1ccc(OCc2ccccc2Cl)cc1)C(=O)Nc1cccc2ccccc12. The lowest BCUT2D eigenvalue weighted by Crippen LogP contribution is -2.13. The standard InChI is InChI=1S/C27H19ClN2O2/c28-25-10-4-2-7-21(25)18-32-23-14-12-19(13-15-23)16-22(17-29)27(31)30-26-11-5-8-20-6-1-3-9-24(20)26/h1-16H,18H2,(H,30,31)/b22-16+. The highest BCUT2D eigenvalue weighted by Gasteiger charge is 2.11. The molecule has 0 radical (unpaired) electrons. The lowest BCUT2D eigenvalue weighted by atomic mass is 10.1. The maximum Gasteiger partial charge on any atom is 0.266 e. The number of hydrogen-bond acceptors (Lipinski definition) is 3. The molecule has 1 N–H and O–H groups in total. The normalized spacial score (nSPS) is 11.1. The number of rotatable bonds is 6. The number of amides is 1. The van der Waals surface area contributed by atoms with Crippen LogP contribution in [0.5, 0.6) is 5.75 Å². The third-order valence-corrected chi connectivity index (χ3v) is 5.31. The van der Waals surface area contributed by atoms with Crippen LogP contribution in [0.3, 0.4) is 0 Å². The summed E-state index contributed by atoms with van der Waals surface area (Å²) in [6.07, 6.45) is 1.55. The Balaban J connectivity index is 1.46. The summed E-state index contributed by atoms with van der Waals surface area (Å²) in [5.41, 5.74) is 2.30. The highest BCUT2D eigenvalue weighted by molar-refractivity contribution is 6.31. The second kappa shape index (κ2) is 9.82. The molecule has 0 atom stereocenters. The van der Waals surface area contributed by atoms with Gasteiger partial charge in [0.2, 0.25) is 0 Å². The van der Waals surface area contributed by atoms with Crippen LogP contribution in [0, 0.1) is 11.3 Å². The summed E-state index contributed by atoms with van der Waals surface area (Å²) in [5, 5.41) is 15.0. The third-order valence-electron chi connectivity index (χ3n) is 4.95. The van der Waals surface area contributed by atoms with E-state index < -0.39 is 5.91 Å².